The molecule has 1 fully saturated rings. The Morgan fingerprint density at radius 2 is 2.30 bits per heavy atom. The van der Waals surface area contributed by atoms with Crippen molar-refractivity contribution in [3.05, 3.63) is 24.3 Å². The van der Waals surface area contributed by atoms with Crippen molar-refractivity contribution in [2.75, 3.05) is 7.11 Å². The van der Waals surface area contributed by atoms with Crippen LogP contribution in [0.3, 0.4) is 0 Å². The summed E-state index contributed by atoms with van der Waals surface area (Å²) in [5.41, 5.74) is 1.61. The third-order valence-electron chi connectivity index (χ3n) is 1.67. The lowest BCUT2D eigenvalue weighted by molar-refractivity contribution is -0.136. The van der Waals surface area contributed by atoms with E-state index in [0.717, 1.165) is 12.0 Å². The Morgan fingerprint density at radius 1 is 1.80 bits per heavy atom. The molecule has 1 rings (SSSR count). The first-order chi connectivity index (χ1) is 4.66. The molecule has 1 atom stereocenters. The van der Waals surface area contributed by atoms with Gasteiger partial charge in [0, 0.05) is 11.5 Å². The molecule has 2 nitrogen and oxygen atoms in total. The van der Waals surface area contributed by atoms with Gasteiger partial charge in [-0.15, -0.1) is 0 Å². The van der Waals surface area contributed by atoms with Gasteiger partial charge in [0.2, 0.25) is 0 Å². The van der Waals surface area contributed by atoms with Crippen LogP contribution < -0.4 is 0 Å². The molecule has 0 N–H and O–H groups in total. The van der Waals surface area contributed by atoms with Gasteiger partial charge in [0.25, 0.3) is 0 Å². The lowest BCUT2D eigenvalue weighted by atomic mass is 10.2. The van der Waals surface area contributed by atoms with E-state index in [9.17, 15) is 4.79 Å². The summed E-state index contributed by atoms with van der Waals surface area (Å²) in [5.74, 6) is -0.115. The largest absolute Gasteiger partial charge is 0.466 e. The van der Waals surface area contributed by atoms with E-state index in [1.807, 2.05) is 0 Å². The summed E-state index contributed by atoms with van der Waals surface area (Å²) in [6, 6.07) is 0. The maximum absolute atomic E-state index is 10.8. The molecule has 0 heterocycles. The predicted molar refractivity (Wildman–Crippen MR) is 38.4 cm³/mol. The highest BCUT2D eigenvalue weighted by Gasteiger charge is 2.33. The molecule has 54 valence electrons. The lowest BCUT2D eigenvalue weighted by Crippen LogP contribution is -2.04. The molecule has 1 aliphatic carbocycles. The number of allylic oxidation sites excluding steroid dienone is 1. The monoisotopic (exact) mass is 138 g/mol. The normalized spacial score (nSPS) is 22.1. The Morgan fingerprint density at radius 3 is 2.60 bits per heavy atom. The number of esters is 1. The number of hydrogen-bond acceptors (Lipinski definition) is 2. The first-order valence-corrected chi connectivity index (χ1v) is 3.11. The zero-order valence-corrected chi connectivity index (χ0v) is 6.02. The molecule has 0 aromatic carbocycles. The quantitative estimate of drug-likeness (QED) is 0.326. The van der Waals surface area contributed by atoms with Crippen molar-refractivity contribution < 1.29 is 9.53 Å². The third kappa shape index (κ3) is 1.10. The number of carbonyl (C=O) groups excluding carboxylic acids is 1. The lowest BCUT2D eigenvalue weighted by Gasteiger charge is -1.97. The van der Waals surface area contributed by atoms with E-state index in [4.69, 9.17) is 0 Å². The van der Waals surface area contributed by atoms with Gasteiger partial charge in [0.15, 0.2) is 0 Å². The van der Waals surface area contributed by atoms with Crippen LogP contribution >= 0.6 is 0 Å². The van der Waals surface area contributed by atoms with Crippen molar-refractivity contribution in [3.8, 4) is 0 Å². The van der Waals surface area contributed by atoms with Crippen molar-refractivity contribution in [1.82, 2.24) is 0 Å². The minimum Gasteiger partial charge on any atom is -0.466 e. The van der Waals surface area contributed by atoms with Gasteiger partial charge in [0.1, 0.15) is 0 Å². The minimum atomic E-state index is -0.316. The maximum atomic E-state index is 10.8. The van der Waals surface area contributed by atoms with Crippen molar-refractivity contribution in [3.63, 3.8) is 0 Å². The summed E-state index contributed by atoms with van der Waals surface area (Å²) in [5, 5.41) is 0. The standard InChI is InChI=1S/C8H10O2/c1-5-4-7(5)6(2)8(9)10-3/h7H,1-2,4H2,3H3. The molecule has 0 bridgehead atoms. The highest BCUT2D eigenvalue weighted by molar-refractivity contribution is 5.90. The molecule has 1 saturated carbocycles. The molecular formula is C8H10O2. The second kappa shape index (κ2) is 2.29. The van der Waals surface area contributed by atoms with Gasteiger partial charge in [-0.2, -0.15) is 0 Å². The first-order valence-electron chi connectivity index (χ1n) is 3.11. The van der Waals surface area contributed by atoms with Crippen molar-refractivity contribution >= 4 is 5.97 Å². The minimum absolute atomic E-state index is 0.201. The van der Waals surface area contributed by atoms with Crippen LogP contribution in [0.2, 0.25) is 0 Å². The molecule has 0 radical (unpaired) electrons. The maximum Gasteiger partial charge on any atom is 0.333 e. The molecule has 0 spiro atoms. The van der Waals surface area contributed by atoms with E-state index in [0.29, 0.717) is 5.57 Å². The van der Waals surface area contributed by atoms with Crippen LogP contribution in [0.15, 0.2) is 24.3 Å². The van der Waals surface area contributed by atoms with Crippen molar-refractivity contribution in [1.29, 1.82) is 0 Å². The number of hydrogen-bond donors (Lipinski definition) is 0. The average Bonchev–Trinajstić information content (AvgIpc) is 2.63. The highest BCUT2D eigenvalue weighted by atomic mass is 16.5. The number of rotatable bonds is 2. The number of carbonyl (C=O) groups is 1. The smallest absolute Gasteiger partial charge is 0.333 e. The van der Waals surface area contributed by atoms with Crippen LogP contribution in [0.5, 0.6) is 0 Å². The second-order valence-corrected chi connectivity index (χ2v) is 2.43. The Kier molecular flexibility index (Phi) is 1.62. The number of ether oxygens (including phenoxy) is 1. The first kappa shape index (κ1) is 7.06. The summed E-state index contributed by atoms with van der Waals surface area (Å²) in [7, 11) is 1.36. The SMILES string of the molecule is C=C1CC1C(=C)C(=O)OC. The third-order valence-corrected chi connectivity index (χ3v) is 1.67. The molecule has 0 aliphatic heterocycles. The fraction of sp³-hybridized carbons (Fsp3) is 0.375. The Bertz CT molecular complexity index is 203. The van der Waals surface area contributed by atoms with Crippen LogP contribution in [-0.4, -0.2) is 13.1 Å². The predicted octanol–water partition coefficient (Wildman–Crippen LogP) is 1.29. The molecule has 0 saturated heterocycles. The molecule has 1 unspecified atom stereocenters. The highest BCUT2D eigenvalue weighted by Crippen LogP contribution is 2.41. The Hall–Kier alpha value is -1.05. The van der Waals surface area contributed by atoms with Crippen molar-refractivity contribution in [2.24, 2.45) is 5.92 Å². The summed E-state index contributed by atoms with van der Waals surface area (Å²) in [6.45, 7) is 7.32. The molecule has 0 amide bonds. The van der Waals surface area contributed by atoms with Gasteiger partial charge >= 0.3 is 5.97 Å². The van der Waals surface area contributed by atoms with E-state index < -0.39 is 0 Å². The zero-order chi connectivity index (χ0) is 7.72. The van der Waals surface area contributed by atoms with E-state index in [2.05, 4.69) is 17.9 Å². The van der Waals surface area contributed by atoms with Gasteiger partial charge in [-0.3, -0.25) is 0 Å². The fourth-order valence-corrected chi connectivity index (χ4v) is 0.846. The fourth-order valence-electron chi connectivity index (χ4n) is 0.846. The van der Waals surface area contributed by atoms with Gasteiger partial charge in [-0.05, 0) is 6.42 Å². The van der Waals surface area contributed by atoms with Crippen LogP contribution in [-0.2, 0) is 9.53 Å². The average molecular weight is 138 g/mol. The molecule has 2 heteroatoms. The van der Waals surface area contributed by atoms with Crippen LogP contribution in [0, 0.1) is 5.92 Å². The van der Waals surface area contributed by atoms with E-state index >= 15 is 0 Å². The Labute approximate surface area is 60.2 Å². The van der Waals surface area contributed by atoms with Crippen LogP contribution in [0.1, 0.15) is 6.42 Å². The van der Waals surface area contributed by atoms with Gasteiger partial charge in [-0.1, -0.05) is 18.7 Å². The summed E-state index contributed by atoms with van der Waals surface area (Å²) in [4.78, 5) is 10.8. The van der Waals surface area contributed by atoms with Gasteiger partial charge in [0.05, 0.1) is 7.11 Å². The van der Waals surface area contributed by atoms with Crippen LogP contribution in [0.4, 0.5) is 0 Å². The summed E-state index contributed by atoms with van der Waals surface area (Å²) in [6.07, 6.45) is 0.897. The van der Waals surface area contributed by atoms with Gasteiger partial charge in [-0.25, -0.2) is 4.79 Å². The summed E-state index contributed by atoms with van der Waals surface area (Å²) >= 11 is 0. The molecule has 0 aromatic rings. The second-order valence-electron chi connectivity index (χ2n) is 2.43. The topological polar surface area (TPSA) is 26.3 Å². The molecule has 10 heavy (non-hydrogen) atoms. The number of methoxy groups -OCH3 is 1. The summed E-state index contributed by atoms with van der Waals surface area (Å²) < 4.78 is 4.48. The zero-order valence-electron chi connectivity index (χ0n) is 6.02. The van der Waals surface area contributed by atoms with E-state index in [1.54, 1.807) is 0 Å². The van der Waals surface area contributed by atoms with Gasteiger partial charge < -0.3 is 4.74 Å². The molecular weight excluding hydrogens is 128 g/mol. The molecule has 1 aliphatic rings. The van der Waals surface area contributed by atoms with E-state index in [1.165, 1.54) is 7.11 Å². The van der Waals surface area contributed by atoms with E-state index in [-0.39, 0.29) is 11.9 Å². The Balaban J connectivity index is 2.50. The van der Waals surface area contributed by atoms with Crippen molar-refractivity contribution in [2.45, 2.75) is 6.42 Å². The molecule has 0 aromatic heterocycles. The van der Waals surface area contributed by atoms with Crippen LogP contribution in [0.25, 0.3) is 0 Å².